The van der Waals surface area contributed by atoms with Crippen molar-refractivity contribution in [2.24, 2.45) is 0 Å². The Morgan fingerprint density at radius 1 is 1.36 bits per heavy atom. The van der Waals surface area contributed by atoms with Crippen LogP contribution in [0.3, 0.4) is 0 Å². The number of imidazole rings is 1. The van der Waals surface area contributed by atoms with E-state index in [-0.39, 0.29) is 17.9 Å². The van der Waals surface area contributed by atoms with Crippen molar-refractivity contribution in [3.8, 4) is 0 Å². The maximum Gasteiger partial charge on any atom is 0.251 e. The van der Waals surface area contributed by atoms with E-state index in [0.29, 0.717) is 24.2 Å². The minimum atomic E-state index is -0.108. The van der Waals surface area contributed by atoms with Crippen molar-refractivity contribution >= 4 is 17.5 Å². The lowest BCUT2D eigenvalue weighted by atomic mass is 10.1. The predicted octanol–water partition coefficient (Wildman–Crippen LogP) is 1.39. The summed E-state index contributed by atoms with van der Waals surface area (Å²) in [5.74, 6) is -0.203. The highest BCUT2D eigenvalue weighted by Gasteiger charge is 2.16. The molecule has 0 radical (unpaired) electrons. The number of aromatic nitrogens is 2. The smallest absolute Gasteiger partial charge is 0.251 e. The Hall–Kier alpha value is -2.67. The zero-order chi connectivity index (χ0) is 17.5. The van der Waals surface area contributed by atoms with Gasteiger partial charge < -0.3 is 20.5 Å². The Labute approximate surface area is 146 Å². The lowest BCUT2D eigenvalue weighted by Crippen LogP contribution is -2.45. The summed E-state index contributed by atoms with van der Waals surface area (Å²) < 4.78 is 1.85. The zero-order valence-electron chi connectivity index (χ0n) is 14.1. The highest BCUT2D eigenvalue weighted by Crippen LogP contribution is 2.12. The maximum atomic E-state index is 12.4. The molecule has 1 aromatic carbocycles. The van der Waals surface area contributed by atoms with Gasteiger partial charge in [0.15, 0.2) is 0 Å². The molecule has 2 amide bonds. The second-order valence-electron chi connectivity index (χ2n) is 6.20. The number of carbonyl (C=O) groups excluding carboxylic acids is 2. The molecule has 0 bridgehead atoms. The van der Waals surface area contributed by atoms with E-state index in [9.17, 15) is 9.59 Å². The quantitative estimate of drug-likeness (QED) is 0.741. The molecular weight excluding hydrogens is 318 g/mol. The Balaban J connectivity index is 1.53. The fourth-order valence-electron chi connectivity index (χ4n) is 2.86. The third-order valence-corrected chi connectivity index (χ3v) is 4.20. The van der Waals surface area contributed by atoms with Gasteiger partial charge in [0.05, 0.1) is 6.33 Å². The summed E-state index contributed by atoms with van der Waals surface area (Å²) >= 11 is 0. The highest BCUT2D eigenvalue weighted by molar-refractivity contribution is 5.97. The maximum absolute atomic E-state index is 12.4. The van der Waals surface area contributed by atoms with Crippen LogP contribution < -0.4 is 16.0 Å². The molecule has 1 unspecified atom stereocenters. The second-order valence-corrected chi connectivity index (χ2v) is 6.20. The summed E-state index contributed by atoms with van der Waals surface area (Å²) in [4.78, 5) is 28.4. The molecular formula is C18H23N5O2. The number of benzene rings is 1. The van der Waals surface area contributed by atoms with Crippen LogP contribution in [0.1, 0.15) is 29.6 Å². The predicted molar refractivity (Wildman–Crippen MR) is 95.3 cm³/mol. The molecule has 1 aromatic heterocycles. The molecule has 132 valence electrons. The minimum Gasteiger partial charge on any atom is -0.348 e. The zero-order valence-corrected chi connectivity index (χ0v) is 14.1. The average molecular weight is 341 g/mol. The highest BCUT2D eigenvalue weighted by atomic mass is 16.2. The number of hydrogen-bond donors (Lipinski definition) is 3. The van der Waals surface area contributed by atoms with E-state index in [0.717, 1.165) is 25.9 Å². The molecule has 1 aliphatic rings. The Morgan fingerprint density at radius 2 is 2.28 bits per heavy atom. The van der Waals surface area contributed by atoms with Gasteiger partial charge in [-0.15, -0.1) is 0 Å². The molecule has 1 aliphatic heterocycles. The molecule has 7 heteroatoms. The first kappa shape index (κ1) is 17.2. The van der Waals surface area contributed by atoms with Gasteiger partial charge in [0, 0.05) is 49.2 Å². The number of nitrogens with zero attached hydrogens (tertiary/aromatic N) is 2. The van der Waals surface area contributed by atoms with Crippen molar-refractivity contribution in [3.63, 3.8) is 0 Å². The van der Waals surface area contributed by atoms with Crippen molar-refractivity contribution in [3.05, 3.63) is 48.5 Å². The molecule has 1 saturated heterocycles. The van der Waals surface area contributed by atoms with Crippen LogP contribution in [0.15, 0.2) is 43.0 Å². The lowest BCUT2D eigenvalue weighted by molar-refractivity contribution is -0.116. The first-order valence-corrected chi connectivity index (χ1v) is 8.58. The van der Waals surface area contributed by atoms with Crippen LogP contribution in [0, 0.1) is 0 Å². The van der Waals surface area contributed by atoms with Crippen molar-refractivity contribution in [1.82, 2.24) is 20.2 Å². The number of piperidine rings is 1. The fraction of sp³-hybridized carbons (Fsp3) is 0.389. The van der Waals surface area contributed by atoms with Gasteiger partial charge in [-0.05, 0) is 37.6 Å². The second kappa shape index (κ2) is 8.43. The van der Waals surface area contributed by atoms with Crippen LogP contribution in [-0.2, 0) is 11.3 Å². The van der Waals surface area contributed by atoms with E-state index in [1.807, 2.05) is 10.8 Å². The van der Waals surface area contributed by atoms with Gasteiger partial charge in [0.25, 0.3) is 5.91 Å². The third-order valence-electron chi connectivity index (χ3n) is 4.20. The van der Waals surface area contributed by atoms with Crippen LogP contribution in [0.5, 0.6) is 0 Å². The number of aryl methyl sites for hydroxylation is 1. The summed E-state index contributed by atoms with van der Waals surface area (Å²) in [5, 5.41) is 9.15. The van der Waals surface area contributed by atoms with Gasteiger partial charge in [-0.1, -0.05) is 6.07 Å². The largest absolute Gasteiger partial charge is 0.348 e. The van der Waals surface area contributed by atoms with Crippen LogP contribution in [0.2, 0.25) is 0 Å². The Morgan fingerprint density at radius 3 is 3.04 bits per heavy atom. The number of anilines is 1. The van der Waals surface area contributed by atoms with Crippen molar-refractivity contribution < 1.29 is 9.59 Å². The first-order chi connectivity index (χ1) is 12.2. The van der Waals surface area contributed by atoms with Gasteiger partial charge >= 0.3 is 0 Å². The molecule has 0 spiro atoms. The normalized spacial score (nSPS) is 17.0. The van der Waals surface area contributed by atoms with Crippen molar-refractivity contribution in [2.75, 3.05) is 18.4 Å². The fourth-order valence-corrected chi connectivity index (χ4v) is 2.86. The lowest BCUT2D eigenvalue weighted by Gasteiger charge is -2.23. The van der Waals surface area contributed by atoms with E-state index in [2.05, 4.69) is 20.9 Å². The first-order valence-electron chi connectivity index (χ1n) is 8.58. The van der Waals surface area contributed by atoms with E-state index in [4.69, 9.17) is 0 Å². The standard InChI is InChI=1S/C18H23N5O2/c24-17(6-9-23-10-8-20-13-23)21-15-4-1-3-14(11-15)18(25)22-16-5-2-7-19-12-16/h1,3-4,8,10-11,13,16,19H,2,5-7,9,12H2,(H,21,24)(H,22,25). The van der Waals surface area contributed by atoms with Crippen molar-refractivity contribution in [1.29, 1.82) is 0 Å². The number of amides is 2. The van der Waals surface area contributed by atoms with Crippen LogP contribution in [0.4, 0.5) is 5.69 Å². The van der Waals surface area contributed by atoms with Crippen LogP contribution in [0.25, 0.3) is 0 Å². The number of nitrogens with one attached hydrogen (secondary N) is 3. The van der Waals surface area contributed by atoms with E-state index < -0.39 is 0 Å². The molecule has 0 aliphatic carbocycles. The van der Waals surface area contributed by atoms with Gasteiger partial charge in [0.2, 0.25) is 5.91 Å². The summed E-state index contributed by atoms with van der Waals surface area (Å²) in [6, 6.07) is 7.19. The van der Waals surface area contributed by atoms with E-state index >= 15 is 0 Å². The molecule has 0 saturated carbocycles. The topological polar surface area (TPSA) is 88.0 Å². The van der Waals surface area contributed by atoms with Gasteiger partial charge in [-0.2, -0.15) is 0 Å². The third kappa shape index (κ3) is 5.15. The van der Waals surface area contributed by atoms with Crippen LogP contribution in [-0.4, -0.2) is 40.5 Å². The van der Waals surface area contributed by atoms with Crippen molar-refractivity contribution in [2.45, 2.75) is 31.8 Å². The number of rotatable bonds is 6. The summed E-state index contributed by atoms with van der Waals surface area (Å²) in [6.07, 6.45) is 7.58. The molecule has 1 atom stereocenters. The Kier molecular flexibility index (Phi) is 5.79. The molecule has 7 nitrogen and oxygen atoms in total. The van der Waals surface area contributed by atoms with E-state index in [1.54, 1.807) is 36.8 Å². The number of carbonyl (C=O) groups is 2. The average Bonchev–Trinajstić information content (AvgIpc) is 3.15. The molecule has 2 aromatic rings. The SMILES string of the molecule is O=C(CCn1ccnc1)Nc1cccc(C(=O)NC2CCCNC2)c1. The monoisotopic (exact) mass is 341 g/mol. The summed E-state index contributed by atoms with van der Waals surface area (Å²) in [7, 11) is 0. The number of hydrogen-bond acceptors (Lipinski definition) is 4. The van der Waals surface area contributed by atoms with Gasteiger partial charge in [-0.25, -0.2) is 4.98 Å². The minimum absolute atomic E-state index is 0.0947. The molecule has 2 heterocycles. The van der Waals surface area contributed by atoms with Gasteiger partial charge in [-0.3, -0.25) is 9.59 Å². The summed E-state index contributed by atoms with van der Waals surface area (Å²) in [5.41, 5.74) is 1.18. The van der Waals surface area contributed by atoms with E-state index in [1.165, 1.54) is 0 Å². The molecule has 3 N–H and O–H groups in total. The molecule has 1 fully saturated rings. The van der Waals surface area contributed by atoms with Gasteiger partial charge in [0.1, 0.15) is 0 Å². The summed E-state index contributed by atoms with van der Waals surface area (Å²) in [6.45, 7) is 2.38. The molecule has 25 heavy (non-hydrogen) atoms. The molecule has 3 rings (SSSR count). The van der Waals surface area contributed by atoms with Crippen LogP contribution >= 0.6 is 0 Å². The Bertz CT molecular complexity index is 708.